The van der Waals surface area contributed by atoms with Crippen LogP contribution < -0.4 is 10.1 Å². The Labute approximate surface area is 102 Å². The van der Waals surface area contributed by atoms with Crippen LogP contribution in [0, 0.1) is 5.92 Å². The lowest BCUT2D eigenvalue weighted by atomic mass is 9.90. The Bertz CT molecular complexity index is 350. The molecule has 2 nitrogen and oxygen atoms in total. The predicted molar refractivity (Wildman–Crippen MR) is 67.1 cm³/mol. The summed E-state index contributed by atoms with van der Waals surface area (Å²) in [5.41, 5.74) is 0.740. The summed E-state index contributed by atoms with van der Waals surface area (Å²) in [6.45, 7) is 4.35. The highest BCUT2D eigenvalue weighted by atomic mass is 19.1. The van der Waals surface area contributed by atoms with E-state index in [9.17, 15) is 4.39 Å². The average Bonchev–Trinajstić information content (AvgIpc) is 2.40. The van der Waals surface area contributed by atoms with Crippen LogP contribution in [-0.2, 0) is 0 Å². The SMILES string of the molecule is CCOc1cccc(C(F)C2CCCNC2)c1. The van der Waals surface area contributed by atoms with Gasteiger partial charge in [0.05, 0.1) is 6.61 Å². The number of hydrogen-bond donors (Lipinski definition) is 1. The monoisotopic (exact) mass is 237 g/mol. The van der Waals surface area contributed by atoms with E-state index in [0.717, 1.165) is 37.2 Å². The lowest BCUT2D eigenvalue weighted by Gasteiger charge is -2.26. The Hall–Kier alpha value is -1.09. The molecule has 1 fully saturated rings. The standard InChI is InChI=1S/C14H20FNO/c1-2-17-13-7-3-5-11(9-13)14(15)12-6-4-8-16-10-12/h3,5,7,9,12,14,16H,2,4,6,8,10H2,1H3. The summed E-state index contributed by atoms with van der Waals surface area (Å²) >= 11 is 0. The fourth-order valence-corrected chi connectivity index (χ4v) is 2.34. The number of nitrogens with one attached hydrogen (secondary N) is 1. The number of hydrogen-bond acceptors (Lipinski definition) is 2. The number of rotatable bonds is 4. The molecular formula is C14H20FNO. The van der Waals surface area contributed by atoms with Gasteiger partial charge in [-0.3, -0.25) is 0 Å². The van der Waals surface area contributed by atoms with Gasteiger partial charge in [0.1, 0.15) is 11.9 Å². The molecule has 0 spiro atoms. The lowest BCUT2D eigenvalue weighted by Crippen LogP contribution is -2.32. The van der Waals surface area contributed by atoms with Gasteiger partial charge in [0.25, 0.3) is 0 Å². The zero-order valence-electron chi connectivity index (χ0n) is 10.3. The van der Waals surface area contributed by atoms with E-state index in [1.807, 2.05) is 31.2 Å². The van der Waals surface area contributed by atoms with Gasteiger partial charge in [-0.25, -0.2) is 4.39 Å². The fourth-order valence-electron chi connectivity index (χ4n) is 2.34. The van der Waals surface area contributed by atoms with Gasteiger partial charge in [-0.15, -0.1) is 0 Å². The van der Waals surface area contributed by atoms with Crippen LogP contribution in [0.15, 0.2) is 24.3 Å². The summed E-state index contributed by atoms with van der Waals surface area (Å²) in [6, 6.07) is 7.41. The summed E-state index contributed by atoms with van der Waals surface area (Å²) in [7, 11) is 0. The van der Waals surface area contributed by atoms with Gasteiger partial charge in [-0.1, -0.05) is 12.1 Å². The third-order valence-corrected chi connectivity index (χ3v) is 3.24. The van der Waals surface area contributed by atoms with Crippen LogP contribution in [0.1, 0.15) is 31.5 Å². The Morgan fingerprint density at radius 3 is 3.12 bits per heavy atom. The van der Waals surface area contributed by atoms with Gasteiger partial charge in [-0.05, 0) is 44.0 Å². The first-order chi connectivity index (χ1) is 8.31. The Morgan fingerprint density at radius 1 is 1.53 bits per heavy atom. The van der Waals surface area contributed by atoms with Gasteiger partial charge in [0.2, 0.25) is 0 Å². The molecule has 3 heteroatoms. The molecule has 0 radical (unpaired) electrons. The highest BCUT2D eigenvalue weighted by Crippen LogP contribution is 2.32. The molecule has 0 amide bonds. The minimum atomic E-state index is -0.886. The van der Waals surface area contributed by atoms with E-state index < -0.39 is 6.17 Å². The molecule has 0 saturated carbocycles. The Balaban J connectivity index is 2.06. The van der Waals surface area contributed by atoms with Crippen molar-refractivity contribution in [2.45, 2.75) is 25.9 Å². The minimum Gasteiger partial charge on any atom is -0.494 e. The van der Waals surface area contributed by atoms with Crippen LogP contribution in [0.5, 0.6) is 5.75 Å². The number of ether oxygens (including phenoxy) is 1. The summed E-state index contributed by atoms with van der Waals surface area (Å²) in [6.07, 6.45) is 1.15. The summed E-state index contributed by atoms with van der Waals surface area (Å²) in [4.78, 5) is 0. The van der Waals surface area contributed by atoms with Crippen molar-refractivity contribution >= 4 is 0 Å². The second kappa shape index (κ2) is 6.01. The molecular weight excluding hydrogens is 217 g/mol. The quantitative estimate of drug-likeness (QED) is 0.868. The van der Waals surface area contributed by atoms with E-state index in [0.29, 0.717) is 6.61 Å². The molecule has 1 saturated heterocycles. The van der Waals surface area contributed by atoms with Crippen LogP contribution in [0.2, 0.25) is 0 Å². The average molecular weight is 237 g/mol. The van der Waals surface area contributed by atoms with E-state index in [1.54, 1.807) is 0 Å². The number of piperidine rings is 1. The second-order valence-electron chi connectivity index (χ2n) is 4.51. The molecule has 2 atom stereocenters. The predicted octanol–water partition coefficient (Wildman–Crippen LogP) is 3.10. The first-order valence-corrected chi connectivity index (χ1v) is 6.39. The molecule has 94 valence electrons. The van der Waals surface area contributed by atoms with E-state index in [4.69, 9.17) is 4.74 Å². The molecule has 2 rings (SSSR count). The zero-order chi connectivity index (χ0) is 12.1. The Kier molecular flexibility index (Phi) is 4.37. The van der Waals surface area contributed by atoms with Crippen LogP contribution >= 0.6 is 0 Å². The molecule has 1 aromatic rings. The molecule has 1 heterocycles. The maximum Gasteiger partial charge on any atom is 0.129 e. The number of halogens is 1. The molecule has 17 heavy (non-hydrogen) atoms. The summed E-state index contributed by atoms with van der Waals surface area (Å²) < 4.78 is 19.7. The fraction of sp³-hybridized carbons (Fsp3) is 0.571. The van der Waals surface area contributed by atoms with Gasteiger partial charge in [-0.2, -0.15) is 0 Å². The van der Waals surface area contributed by atoms with Gasteiger partial charge < -0.3 is 10.1 Å². The minimum absolute atomic E-state index is 0.0978. The van der Waals surface area contributed by atoms with E-state index >= 15 is 0 Å². The van der Waals surface area contributed by atoms with Crippen molar-refractivity contribution in [3.05, 3.63) is 29.8 Å². The third kappa shape index (κ3) is 3.19. The largest absolute Gasteiger partial charge is 0.494 e. The Morgan fingerprint density at radius 2 is 2.41 bits per heavy atom. The molecule has 1 aliphatic rings. The number of benzene rings is 1. The topological polar surface area (TPSA) is 21.3 Å². The molecule has 1 aliphatic heterocycles. The van der Waals surface area contributed by atoms with Crippen LogP contribution in [-0.4, -0.2) is 19.7 Å². The normalized spacial score (nSPS) is 22.1. The van der Waals surface area contributed by atoms with Crippen LogP contribution in [0.3, 0.4) is 0 Å². The third-order valence-electron chi connectivity index (χ3n) is 3.24. The van der Waals surface area contributed by atoms with Crippen molar-refractivity contribution in [1.29, 1.82) is 0 Å². The van der Waals surface area contributed by atoms with Crippen molar-refractivity contribution in [1.82, 2.24) is 5.32 Å². The smallest absolute Gasteiger partial charge is 0.129 e. The summed E-state index contributed by atoms with van der Waals surface area (Å²) in [5, 5.41) is 3.25. The van der Waals surface area contributed by atoms with Crippen LogP contribution in [0.25, 0.3) is 0 Å². The maximum atomic E-state index is 14.3. The van der Waals surface area contributed by atoms with E-state index in [-0.39, 0.29) is 5.92 Å². The molecule has 1 N–H and O–H groups in total. The zero-order valence-corrected chi connectivity index (χ0v) is 10.3. The van der Waals surface area contributed by atoms with Crippen LogP contribution in [0.4, 0.5) is 4.39 Å². The number of alkyl halides is 1. The van der Waals surface area contributed by atoms with Crippen molar-refractivity contribution in [3.8, 4) is 5.75 Å². The van der Waals surface area contributed by atoms with Crippen molar-refractivity contribution in [3.63, 3.8) is 0 Å². The second-order valence-corrected chi connectivity index (χ2v) is 4.51. The molecule has 2 unspecified atom stereocenters. The summed E-state index contributed by atoms with van der Waals surface area (Å²) in [5.74, 6) is 0.858. The highest BCUT2D eigenvalue weighted by molar-refractivity contribution is 5.30. The van der Waals surface area contributed by atoms with E-state index in [2.05, 4.69) is 5.32 Å². The molecule has 1 aromatic carbocycles. The first-order valence-electron chi connectivity index (χ1n) is 6.39. The molecule has 0 bridgehead atoms. The van der Waals surface area contributed by atoms with Crippen molar-refractivity contribution in [2.24, 2.45) is 5.92 Å². The van der Waals surface area contributed by atoms with Gasteiger partial charge >= 0.3 is 0 Å². The maximum absolute atomic E-state index is 14.3. The first kappa shape index (κ1) is 12.4. The molecule has 0 aromatic heterocycles. The van der Waals surface area contributed by atoms with Crippen molar-refractivity contribution < 1.29 is 9.13 Å². The van der Waals surface area contributed by atoms with Gasteiger partial charge in [0, 0.05) is 12.5 Å². The van der Waals surface area contributed by atoms with Crippen molar-refractivity contribution in [2.75, 3.05) is 19.7 Å². The lowest BCUT2D eigenvalue weighted by molar-refractivity contribution is 0.194. The molecule has 0 aliphatic carbocycles. The highest BCUT2D eigenvalue weighted by Gasteiger charge is 2.24. The van der Waals surface area contributed by atoms with E-state index in [1.165, 1.54) is 0 Å². The van der Waals surface area contributed by atoms with Gasteiger partial charge in [0.15, 0.2) is 0 Å².